The molecule has 198 valence electrons. The molecule has 12 nitrogen and oxygen atoms in total. The van der Waals surface area contributed by atoms with Crippen LogP contribution in [-0.2, 0) is 15.1 Å². The number of pyridine rings is 2. The third-order valence-corrected chi connectivity index (χ3v) is 5.15. The van der Waals surface area contributed by atoms with E-state index in [1.807, 2.05) is 0 Å². The molecule has 35 heavy (non-hydrogen) atoms. The third kappa shape index (κ3) is 11.8. The monoisotopic (exact) mass is 636 g/mol. The molecule has 0 atom stereocenters. The summed E-state index contributed by atoms with van der Waals surface area (Å²) in [7, 11) is -4.67. The van der Waals surface area contributed by atoms with Crippen molar-refractivity contribution in [2.75, 3.05) is 11.5 Å². The first-order valence-electron chi connectivity index (χ1n) is 8.03. The largest absolute Gasteiger partial charge is 0.476 e. The molecule has 0 bridgehead atoms. The van der Waals surface area contributed by atoms with Crippen LogP contribution < -0.4 is 11.5 Å². The maximum Gasteiger partial charge on any atom is 0.394 e. The predicted molar refractivity (Wildman–Crippen MR) is 136 cm³/mol. The fourth-order valence-corrected chi connectivity index (χ4v) is 2.78. The number of nitrogens with two attached hydrogens (primary N) is 2. The van der Waals surface area contributed by atoms with Crippen molar-refractivity contribution in [1.29, 1.82) is 0 Å². The molecule has 0 radical (unpaired) electrons. The van der Waals surface area contributed by atoms with E-state index in [-0.39, 0.29) is 61.0 Å². The van der Waals surface area contributed by atoms with Crippen LogP contribution in [0.3, 0.4) is 0 Å². The van der Waals surface area contributed by atoms with Crippen LogP contribution in [0.1, 0.15) is 42.3 Å². The van der Waals surface area contributed by atoms with Crippen LogP contribution in [0.15, 0.2) is 0 Å². The van der Waals surface area contributed by atoms with Crippen molar-refractivity contribution in [2.24, 2.45) is 0 Å². The highest BCUT2D eigenvalue weighted by atomic mass is 35.5. The van der Waals surface area contributed by atoms with Gasteiger partial charge in [0.2, 0.25) is 0 Å². The first kappa shape index (κ1) is 35.6. The van der Waals surface area contributed by atoms with Crippen LogP contribution in [0.4, 0.5) is 11.4 Å². The minimum absolute atomic E-state index is 0. The normalized spacial score (nSPS) is 10.3. The van der Waals surface area contributed by atoms with Gasteiger partial charge < -0.3 is 21.3 Å². The number of halogens is 6. The van der Waals surface area contributed by atoms with E-state index in [0.717, 1.165) is 0 Å². The van der Waals surface area contributed by atoms with Crippen LogP contribution in [0.5, 0.6) is 0 Å². The molecule has 0 unspecified atom stereocenters. The number of carbonyl (C=O) groups excluding carboxylic acids is 1. The summed E-state index contributed by atoms with van der Waals surface area (Å²) in [5, 5.41) is 8.05. The number of esters is 1. The van der Waals surface area contributed by atoms with Crippen molar-refractivity contribution >= 4 is 103 Å². The van der Waals surface area contributed by atoms with Crippen molar-refractivity contribution in [3.8, 4) is 0 Å². The molecular weight excluding hydrogens is 621 g/mol. The van der Waals surface area contributed by atoms with E-state index < -0.39 is 28.0 Å². The minimum atomic E-state index is -4.67. The van der Waals surface area contributed by atoms with Crippen molar-refractivity contribution in [3.05, 3.63) is 41.8 Å². The molecular formula is C16H18Cl6N4O8S. The number of rotatable bonds is 3. The zero-order chi connectivity index (χ0) is 27.1. The van der Waals surface area contributed by atoms with Gasteiger partial charge in [0, 0.05) is 0 Å². The molecule has 0 amide bonds. The summed E-state index contributed by atoms with van der Waals surface area (Å²) in [5.41, 5.74) is 10.3. The second-order valence-corrected chi connectivity index (χ2v) is 8.92. The Bertz CT molecular complexity index is 1190. The SMILES string of the molecule is C.CC(C)OC(=O)c1nc(Cl)c(Cl)c(N)c1Cl.Nc1c(Cl)c(Cl)nc(C(=O)O)c1Cl.O=S(=O)(O)O. The van der Waals surface area contributed by atoms with E-state index in [1.165, 1.54) is 0 Å². The smallest absolute Gasteiger partial charge is 0.394 e. The van der Waals surface area contributed by atoms with E-state index in [1.54, 1.807) is 13.8 Å². The number of anilines is 2. The summed E-state index contributed by atoms with van der Waals surface area (Å²) < 4.78 is 36.5. The molecule has 0 aliphatic carbocycles. The fourth-order valence-electron chi connectivity index (χ4n) is 1.61. The fraction of sp³-hybridized carbons (Fsp3) is 0.250. The first-order valence-corrected chi connectivity index (χ1v) is 11.7. The number of nitrogen functional groups attached to an aromatic ring is 2. The van der Waals surface area contributed by atoms with Crippen molar-refractivity contribution in [2.45, 2.75) is 27.4 Å². The Morgan fingerprint density at radius 2 is 1.14 bits per heavy atom. The lowest BCUT2D eigenvalue weighted by Crippen LogP contribution is -2.14. The second-order valence-electron chi connectivity index (χ2n) is 5.79. The van der Waals surface area contributed by atoms with Crippen molar-refractivity contribution in [1.82, 2.24) is 9.97 Å². The molecule has 2 heterocycles. The van der Waals surface area contributed by atoms with Gasteiger partial charge in [-0.25, -0.2) is 19.6 Å². The summed E-state index contributed by atoms with van der Waals surface area (Å²) in [6.07, 6.45) is -0.291. The van der Waals surface area contributed by atoms with Crippen LogP contribution in [0.25, 0.3) is 0 Å². The highest BCUT2D eigenvalue weighted by Crippen LogP contribution is 2.35. The Balaban J connectivity index is 0. The van der Waals surface area contributed by atoms with Crippen molar-refractivity contribution < 1.29 is 37.0 Å². The summed E-state index contributed by atoms with van der Waals surface area (Å²) >= 11 is 33.8. The quantitative estimate of drug-likeness (QED) is 0.160. The molecule has 0 aromatic carbocycles. The number of aromatic nitrogens is 2. The molecule has 0 fully saturated rings. The van der Waals surface area contributed by atoms with Gasteiger partial charge in [0.15, 0.2) is 21.7 Å². The number of carboxylic acid groups (broad SMARTS) is 1. The number of aromatic carboxylic acids is 1. The van der Waals surface area contributed by atoms with Gasteiger partial charge in [0.25, 0.3) is 0 Å². The van der Waals surface area contributed by atoms with Crippen LogP contribution >= 0.6 is 69.6 Å². The molecule has 0 spiro atoms. The lowest BCUT2D eigenvalue weighted by Gasteiger charge is -2.10. The van der Waals surface area contributed by atoms with Gasteiger partial charge in [-0.1, -0.05) is 77.0 Å². The molecule has 2 aromatic rings. The molecule has 0 saturated heterocycles. The van der Waals surface area contributed by atoms with Gasteiger partial charge in [0.1, 0.15) is 10.0 Å². The highest BCUT2D eigenvalue weighted by Gasteiger charge is 2.21. The van der Waals surface area contributed by atoms with Gasteiger partial charge >= 0.3 is 22.3 Å². The lowest BCUT2D eigenvalue weighted by molar-refractivity contribution is 0.0370. The summed E-state index contributed by atoms with van der Waals surface area (Å²) in [6, 6.07) is 0. The number of carbonyl (C=O) groups is 2. The molecule has 0 aliphatic rings. The summed E-state index contributed by atoms with van der Waals surface area (Å²) in [4.78, 5) is 29.3. The van der Waals surface area contributed by atoms with E-state index in [9.17, 15) is 9.59 Å². The first-order chi connectivity index (χ1) is 15.3. The molecule has 19 heteroatoms. The lowest BCUT2D eigenvalue weighted by atomic mass is 10.3. The van der Waals surface area contributed by atoms with Crippen LogP contribution in [-0.4, -0.2) is 50.6 Å². The van der Waals surface area contributed by atoms with Crippen LogP contribution in [0, 0.1) is 0 Å². The number of ether oxygens (including phenoxy) is 1. The molecule has 2 rings (SSSR count). The average molecular weight is 639 g/mol. The standard InChI is InChI=1S/C9H9Cl3N2O2.C6H3Cl3N2O2.CH4.H2O4S/c1-3(2)16-9(15)7-4(10)6(13)5(11)8(12)14-7;7-1-3(10)2(8)5(9)11-4(1)6(12)13;;1-5(2,3)4/h3H,1-2H3,(H2,13,14);(H2,10,11)(H,12,13);1H4;(H2,1,2,3,4). The van der Waals surface area contributed by atoms with E-state index in [4.69, 9.17) is 108 Å². The number of nitrogens with zero attached hydrogens (tertiary/aromatic N) is 2. The van der Waals surface area contributed by atoms with Gasteiger partial charge in [-0.05, 0) is 13.8 Å². The Hall–Kier alpha value is -1.55. The second kappa shape index (κ2) is 14.9. The summed E-state index contributed by atoms with van der Waals surface area (Å²) in [6.45, 7) is 3.40. The molecule has 0 aliphatic heterocycles. The van der Waals surface area contributed by atoms with E-state index in [0.29, 0.717) is 0 Å². The maximum atomic E-state index is 11.6. The number of carboxylic acids is 1. The highest BCUT2D eigenvalue weighted by molar-refractivity contribution is 7.79. The molecule has 2 aromatic heterocycles. The predicted octanol–water partition coefficient (Wildman–Crippen LogP) is 5.49. The van der Waals surface area contributed by atoms with Gasteiger partial charge in [0.05, 0.1) is 27.5 Å². The molecule has 7 N–H and O–H groups in total. The number of hydrogen-bond donors (Lipinski definition) is 5. The Kier molecular flexibility index (Phi) is 15.1. The zero-order valence-corrected chi connectivity index (χ0v) is 22.0. The topological polar surface area (TPSA) is 216 Å². The van der Waals surface area contributed by atoms with Crippen molar-refractivity contribution in [3.63, 3.8) is 0 Å². The van der Waals surface area contributed by atoms with Gasteiger partial charge in [-0.15, -0.1) is 0 Å². The van der Waals surface area contributed by atoms with Gasteiger partial charge in [-0.3, -0.25) is 9.11 Å². The van der Waals surface area contributed by atoms with E-state index in [2.05, 4.69) is 9.97 Å². The third-order valence-electron chi connectivity index (χ3n) is 2.88. The number of hydrogen-bond acceptors (Lipinski definition) is 9. The Morgan fingerprint density at radius 3 is 1.46 bits per heavy atom. The maximum absolute atomic E-state index is 11.6. The Labute approximate surface area is 229 Å². The van der Waals surface area contributed by atoms with E-state index >= 15 is 0 Å². The van der Waals surface area contributed by atoms with Gasteiger partial charge in [-0.2, -0.15) is 8.42 Å². The van der Waals surface area contributed by atoms with Crippen LogP contribution in [0.2, 0.25) is 30.4 Å². The molecule has 0 saturated carbocycles. The Morgan fingerprint density at radius 1 is 0.829 bits per heavy atom. The summed E-state index contributed by atoms with van der Waals surface area (Å²) in [5.74, 6) is -2.00. The zero-order valence-electron chi connectivity index (χ0n) is 16.7. The minimum Gasteiger partial charge on any atom is -0.476 e. The average Bonchev–Trinajstić information content (AvgIpc) is 2.68.